The van der Waals surface area contributed by atoms with E-state index >= 15 is 0 Å². The quantitative estimate of drug-likeness (QED) is 0.467. The van der Waals surface area contributed by atoms with Crippen LogP contribution in [0.5, 0.6) is 0 Å². The second-order valence-electron chi connectivity index (χ2n) is 5.59. The first kappa shape index (κ1) is 20.8. The molecule has 0 aliphatic heterocycles. The minimum atomic E-state index is 1.12. The average Bonchev–Trinajstić information content (AvgIpc) is 2.53. The van der Waals surface area contributed by atoms with Crippen molar-refractivity contribution in [3.05, 3.63) is 0 Å². The molecule has 0 aliphatic rings. The number of hydrogen-bond donors (Lipinski definition) is 1. The van der Waals surface area contributed by atoms with Crippen LogP contribution in [0, 0.1) is 0 Å². The second kappa shape index (κ2) is 14.8. The van der Waals surface area contributed by atoms with Gasteiger partial charge in [0.2, 0.25) is 0 Å². The summed E-state index contributed by atoms with van der Waals surface area (Å²) in [6.45, 7) is 24.1. The Labute approximate surface area is 133 Å². The standard InChI is InChI=1S/C17H40N4/c1-6-19(7-2)15-13-18-12-11-14-21(10-5)17-16-20(8-3)9-4/h18H,6-17H2,1-5H3. The lowest BCUT2D eigenvalue weighted by Gasteiger charge is -2.25. The smallest absolute Gasteiger partial charge is 0.0109 e. The molecule has 4 nitrogen and oxygen atoms in total. The van der Waals surface area contributed by atoms with Crippen molar-refractivity contribution >= 4 is 0 Å². The Morgan fingerprint density at radius 1 is 0.524 bits per heavy atom. The van der Waals surface area contributed by atoms with E-state index in [2.05, 4.69) is 54.6 Å². The highest BCUT2D eigenvalue weighted by atomic mass is 15.2. The molecular weight excluding hydrogens is 260 g/mol. The van der Waals surface area contributed by atoms with Crippen molar-refractivity contribution in [2.24, 2.45) is 0 Å². The summed E-state index contributed by atoms with van der Waals surface area (Å²) in [5.74, 6) is 0. The molecule has 0 saturated heterocycles. The van der Waals surface area contributed by atoms with E-state index in [0.29, 0.717) is 0 Å². The monoisotopic (exact) mass is 300 g/mol. The van der Waals surface area contributed by atoms with Crippen molar-refractivity contribution in [2.45, 2.75) is 41.0 Å². The topological polar surface area (TPSA) is 21.8 Å². The van der Waals surface area contributed by atoms with Crippen molar-refractivity contribution in [3.63, 3.8) is 0 Å². The van der Waals surface area contributed by atoms with Crippen molar-refractivity contribution in [2.75, 3.05) is 72.0 Å². The van der Waals surface area contributed by atoms with Crippen LogP contribution in [0.15, 0.2) is 0 Å². The first-order valence-electron chi connectivity index (χ1n) is 9.09. The Bertz CT molecular complexity index is 203. The van der Waals surface area contributed by atoms with Crippen LogP contribution in [0.1, 0.15) is 41.0 Å². The van der Waals surface area contributed by atoms with Gasteiger partial charge in [-0.05, 0) is 52.2 Å². The first-order valence-corrected chi connectivity index (χ1v) is 9.09. The van der Waals surface area contributed by atoms with Crippen LogP contribution in [0.4, 0.5) is 0 Å². The molecule has 0 fully saturated rings. The maximum atomic E-state index is 3.57. The molecule has 0 bridgehead atoms. The van der Waals surface area contributed by atoms with Crippen LogP contribution in [0.2, 0.25) is 0 Å². The zero-order valence-corrected chi connectivity index (χ0v) is 15.3. The van der Waals surface area contributed by atoms with Gasteiger partial charge in [0.05, 0.1) is 0 Å². The minimum absolute atomic E-state index is 1.12. The van der Waals surface area contributed by atoms with Gasteiger partial charge in [-0.15, -0.1) is 0 Å². The average molecular weight is 301 g/mol. The Balaban J connectivity index is 3.59. The van der Waals surface area contributed by atoms with Crippen LogP contribution < -0.4 is 5.32 Å². The van der Waals surface area contributed by atoms with Gasteiger partial charge in [0.1, 0.15) is 0 Å². The molecule has 0 aliphatic carbocycles. The zero-order chi connectivity index (χ0) is 15.9. The summed E-state index contributed by atoms with van der Waals surface area (Å²) >= 11 is 0. The third kappa shape index (κ3) is 11.1. The Morgan fingerprint density at radius 3 is 1.52 bits per heavy atom. The van der Waals surface area contributed by atoms with Gasteiger partial charge in [0.15, 0.2) is 0 Å². The highest BCUT2D eigenvalue weighted by Gasteiger charge is 2.05. The summed E-state index contributed by atoms with van der Waals surface area (Å²) in [5.41, 5.74) is 0. The molecule has 0 spiro atoms. The van der Waals surface area contributed by atoms with Crippen molar-refractivity contribution in [3.8, 4) is 0 Å². The Morgan fingerprint density at radius 2 is 1.00 bits per heavy atom. The molecule has 0 aromatic heterocycles. The largest absolute Gasteiger partial charge is 0.315 e. The molecule has 4 heteroatoms. The van der Waals surface area contributed by atoms with Gasteiger partial charge in [-0.3, -0.25) is 0 Å². The van der Waals surface area contributed by atoms with E-state index in [1.54, 1.807) is 0 Å². The fourth-order valence-electron chi connectivity index (χ4n) is 2.58. The molecule has 0 atom stereocenters. The Hall–Kier alpha value is -0.160. The lowest BCUT2D eigenvalue weighted by Crippen LogP contribution is -2.37. The maximum absolute atomic E-state index is 3.57. The lowest BCUT2D eigenvalue weighted by molar-refractivity contribution is 0.218. The van der Waals surface area contributed by atoms with Crippen LogP contribution in [-0.2, 0) is 0 Å². The minimum Gasteiger partial charge on any atom is -0.315 e. The van der Waals surface area contributed by atoms with Crippen LogP contribution in [0.3, 0.4) is 0 Å². The third-order valence-corrected chi connectivity index (χ3v) is 4.40. The molecule has 1 N–H and O–H groups in total. The predicted octanol–water partition coefficient (Wildman–Crippen LogP) is 1.97. The van der Waals surface area contributed by atoms with Crippen molar-refractivity contribution in [1.29, 1.82) is 0 Å². The fraction of sp³-hybridized carbons (Fsp3) is 1.00. The SMILES string of the molecule is CCN(CC)CCNCCCN(CC)CCN(CC)CC. The molecule has 0 rings (SSSR count). The van der Waals surface area contributed by atoms with E-state index in [-0.39, 0.29) is 0 Å². The van der Waals surface area contributed by atoms with E-state index in [9.17, 15) is 0 Å². The zero-order valence-electron chi connectivity index (χ0n) is 15.3. The number of rotatable bonds is 15. The number of nitrogens with one attached hydrogen (secondary N) is 1. The van der Waals surface area contributed by atoms with Gasteiger partial charge < -0.3 is 20.0 Å². The van der Waals surface area contributed by atoms with E-state index in [1.807, 2.05) is 0 Å². The van der Waals surface area contributed by atoms with Crippen molar-refractivity contribution in [1.82, 2.24) is 20.0 Å². The van der Waals surface area contributed by atoms with E-state index in [0.717, 1.165) is 26.2 Å². The lowest BCUT2D eigenvalue weighted by atomic mass is 10.3. The molecule has 0 heterocycles. The van der Waals surface area contributed by atoms with Crippen LogP contribution in [0.25, 0.3) is 0 Å². The normalized spacial score (nSPS) is 12.0. The number of hydrogen-bond acceptors (Lipinski definition) is 4. The maximum Gasteiger partial charge on any atom is 0.0109 e. The Kier molecular flexibility index (Phi) is 14.7. The van der Waals surface area contributed by atoms with Crippen LogP contribution >= 0.6 is 0 Å². The first-order chi connectivity index (χ1) is 10.2. The van der Waals surface area contributed by atoms with Gasteiger partial charge in [-0.1, -0.05) is 34.6 Å². The van der Waals surface area contributed by atoms with Crippen molar-refractivity contribution < 1.29 is 0 Å². The summed E-state index contributed by atoms with van der Waals surface area (Å²) in [7, 11) is 0. The molecule has 0 aromatic carbocycles. The number of nitrogens with zero attached hydrogens (tertiary/aromatic N) is 3. The highest BCUT2D eigenvalue weighted by Crippen LogP contribution is 1.94. The molecular formula is C17H40N4. The molecule has 0 amide bonds. The predicted molar refractivity (Wildman–Crippen MR) is 95.2 cm³/mol. The summed E-state index contributed by atoms with van der Waals surface area (Å²) in [5, 5.41) is 3.57. The van der Waals surface area contributed by atoms with E-state index in [4.69, 9.17) is 0 Å². The molecule has 0 unspecified atom stereocenters. The highest BCUT2D eigenvalue weighted by molar-refractivity contribution is 4.62. The molecule has 128 valence electrons. The summed E-state index contributed by atoms with van der Waals surface area (Å²) in [6, 6.07) is 0. The van der Waals surface area contributed by atoms with Crippen LogP contribution in [-0.4, -0.2) is 86.7 Å². The molecule has 0 saturated carbocycles. The van der Waals surface area contributed by atoms with E-state index in [1.165, 1.54) is 52.2 Å². The summed E-state index contributed by atoms with van der Waals surface area (Å²) in [6.07, 6.45) is 1.25. The summed E-state index contributed by atoms with van der Waals surface area (Å²) < 4.78 is 0. The molecule has 0 aromatic rings. The summed E-state index contributed by atoms with van der Waals surface area (Å²) in [4.78, 5) is 7.55. The third-order valence-electron chi connectivity index (χ3n) is 4.40. The van der Waals surface area contributed by atoms with E-state index < -0.39 is 0 Å². The fourth-order valence-corrected chi connectivity index (χ4v) is 2.58. The van der Waals surface area contributed by atoms with Gasteiger partial charge in [-0.25, -0.2) is 0 Å². The van der Waals surface area contributed by atoms with Gasteiger partial charge >= 0.3 is 0 Å². The second-order valence-corrected chi connectivity index (χ2v) is 5.59. The van der Waals surface area contributed by atoms with Gasteiger partial charge in [0.25, 0.3) is 0 Å². The van der Waals surface area contributed by atoms with Gasteiger partial charge in [0, 0.05) is 26.2 Å². The molecule has 21 heavy (non-hydrogen) atoms. The van der Waals surface area contributed by atoms with Gasteiger partial charge in [-0.2, -0.15) is 0 Å². The molecule has 0 radical (unpaired) electrons. The number of likely N-dealkylation sites (N-methyl/N-ethyl adjacent to an activating group) is 3.